The van der Waals surface area contributed by atoms with Crippen molar-refractivity contribution in [1.29, 1.82) is 0 Å². The third-order valence-electron chi connectivity index (χ3n) is 2.77. The van der Waals surface area contributed by atoms with Crippen molar-refractivity contribution in [3.05, 3.63) is 53.2 Å². The standard InChI is InChI=1S/C14H14N2O4/c1-8-12(20-9(2)15-8)13(17)16-11(14(18)19)10-6-4-3-5-7-10/h3-7,11H,1-2H3,(H,16,17)(H,18,19). The summed E-state index contributed by atoms with van der Waals surface area (Å²) < 4.78 is 5.18. The van der Waals surface area contributed by atoms with Crippen molar-refractivity contribution < 1.29 is 19.1 Å². The Morgan fingerprint density at radius 2 is 1.90 bits per heavy atom. The van der Waals surface area contributed by atoms with Crippen molar-refractivity contribution in [1.82, 2.24) is 10.3 Å². The van der Waals surface area contributed by atoms with E-state index in [1.165, 1.54) is 0 Å². The first-order valence-electron chi connectivity index (χ1n) is 6.01. The number of benzene rings is 1. The van der Waals surface area contributed by atoms with Crippen molar-refractivity contribution in [2.75, 3.05) is 0 Å². The maximum absolute atomic E-state index is 12.1. The number of amides is 1. The Labute approximate surface area is 115 Å². The number of carbonyl (C=O) groups is 2. The number of carboxylic acids is 1. The lowest BCUT2D eigenvalue weighted by atomic mass is 10.1. The van der Waals surface area contributed by atoms with Gasteiger partial charge < -0.3 is 14.8 Å². The van der Waals surface area contributed by atoms with Crippen LogP contribution < -0.4 is 5.32 Å². The van der Waals surface area contributed by atoms with Gasteiger partial charge in [-0.25, -0.2) is 9.78 Å². The van der Waals surface area contributed by atoms with Crippen LogP contribution >= 0.6 is 0 Å². The molecule has 0 fully saturated rings. The molecule has 20 heavy (non-hydrogen) atoms. The maximum atomic E-state index is 12.1. The lowest BCUT2D eigenvalue weighted by Crippen LogP contribution is -2.33. The molecule has 0 aliphatic heterocycles. The van der Waals surface area contributed by atoms with Gasteiger partial charge in [0.1, 0.15) is 0 Å². The van der Waals surface area contributed by atoms with Crippen LogP contribution in [0.3, 0.4) is 0 Å². The highest BCUT2D eigenvalue weighted by atomic mass is 16.4. The van der Waals surface area contributed by atoms with Crippen LogP contribution in [-0.2, 0) is 4.79 Å². The van der Waals surface area contributed by atoms with Crippen LogP contribution in [0.5, 0.6) is 0 Å². The molecule has 1 heterocycles. The fourth-order valence-corrected chi connectivity index (χ4v) is 1.87. The highest BCUT2D eigenvalue weighted by Gasteiger charge is 2.25. The minimum absolute atomic E-state index is 0.0321. The minimum Gasteiger partial charge on any atom is -0.479 e. The molecule has 6 heteroatoms. The number of aliphatic carboxylic acids is 1. The smallest absolute Gasteiger partial charge is 0.330 e. The van der Waals surface area contributed by atoms with Crippen LogP contribution in [-0.4, -0.2) is 22.0 Å². The van der Waals surface area contributed by atoms with Gasteiger partial charge in [-0.15, -0.1) is 0 Å². The molecule has 0 saturated heterocycles. The van der Waals surface area contributed by atoms with Gasteiger partial charge in [-0.1, -0.05) is 30.3 Å². The molecule has 0 aliphatic carbocycles. The Morgan fingerprint density at radius 1 is 1.25 bits per heavy atom. The number of nitrogens with zero attached hydrogens (tertiary/aromatic N) is 1. The van der Waals surface area contributed by atoms with E-state index in [1.54, 1.807) is 44.2 Å². The Balaban J connectivity index is 2.23. The molecule has 104 valence electrons. The van der Waals surface area contributed by atoms with E-state index in [2.05, 4.69) is 10.3 Å². The molecule has 1 atom stereocenters. The SMILES string of the molecule is Cc1nc(C)c(C(=O)NC(C(=O)O)c2ccccc2)o1. The third kappa shape index (κ3) is 2.85. The first-order chi connectivity index (χ1) is 9.49. The van der Waals surface area contributed by atoms with Gasteiger partial charge in [0.15, 0.2) is 11.9 Å². The van der Waals surface area contributed by atoms with Gasteiger partial charge in [0.2, 0.25) is 5.76 Å². The number of hydrogen-bond acceptors (Lipinski definition) is 4. The van der Waals surface area contributed by atoms with E-state index in [-0.39, 0.29) is 5.76 Å². The second-order valence-corrected chi connectivity index (χ2v) is 4.30. The Bertz CT molecular complexity index is 634. The van der Waals surface area contributed by atoms with Gasteiger partial charge in [-0.2, -0.15) is 0 Å². The number of nitrogens with one attached hydrogen (secondary N) is 1. The summed E-state index contributed by atoms with van der Waals surface area (Å²) in [6.07, 6.45) is 0. The molecule has 2 N–H and O–H groups in total. The van der Waals surface area contributed by atoms with Crippen molar-refractivity contribution in [2.24, 2.45) is 0 Å². The first-order valence-corrected chi connectivity index (χ1v) is 6.01. The first kappa shape index (κ1) is 13.8. The second kappa shape index (κ2) is 5.56. The fraction of sp³-hybridized carbons (Fsp3) is 0.214. The molecule has 1 unspecified atom stereocenters. The zero-order valence-electron chi connectivity index (χ0n) is 11.1. The monoisotopic (exact) mass is 274 g/mol. The van der Waals surface area contributed by atoms with Crippen molar-refractivity contribution in [3.8, 4) is 0 Å². The van der Waals surface area contributed by atoms with Crippen LogP contribution in [0.25, 0.3) is 0 Å². The van der Waals surface area contributed by atoms with E-state index in [1.807, 2.05) is 0 Å². The predicted octanol–water partition coefficient (Wildman–Crippen LogP) is 1.85. The highest BCUT2D eigenvalue weighted by molar-refractivity contribution is 5.95. The molecule has 6 nitrogen and oxygen atoms in total. The molecular formula is C14H14N2O4. The summed E-state index contributed by atoms with van der Waals surface area (Å²) in [4.78, 5) is 27.3. The maximum Gasteiger partial charge on any atom is 0.330 e. The van der Waals surface area contributed by atoms with E-state index in [9.17, 15) is 14.7 Å². The van der Waals surface area contributed by atoms with E-state index in [0.717, 1.165) is 0 Å². The summed E-state index contributed by atoms with van der Waals surface area (Å²) in [6.45, 7) is 3.25. The molecular weight excluding hydrogens is 260 g/mol. The lowest BCUT2D eigenvalue weighted by Gasteiger charge is -2.13. The average molecular weight is 274 g/mol. The number of carboxylic acid groups (broad SMARTS) is 1. The van der Waals surface area contributed by atoms with Gasteiger partial charge >= 0.3 is 5.97 Å². The van der Waals surface area contributed by atoms with Crippen molar-refractivity contribution >= 4 is 11.9 Å². The topological polar surface area (TPSA) is 92.4 Å². The molecule has 2 rings (SSSR count). The number of aromatic nitrogens is 1. The molecule has 1 aromatic carbocycles. The van der Waals surface area contributed by atoms with Gasteiger partial charge in [-0.05, 0) is 12.5 Å². The normalized spacial score (nSPS) is 11.9. The summed E-state index contributed by atoms with van der Waals surface area (Å²) >= 11 is 0. The van der Waals surface area contributed by atoms with Crippen LogP contribution in [0.15, 0.2) is 34.7 Å². The number of carbonyl (C=O) groups excluding carboxylic acids is 1. The van der Waals surface area contributed by atoms with E-state index in [4.69, 9.17) is 4.42 Å². The minimum atomic E-state index is -1.14. The molecule has 0 aliphatic rings. The zero-order chi connectivity index (χ0) is 14.7. The largest absolute Gasteiger partial charge is 0.479 e. The van der Waals surface area contributed by atoms with Crippen LogP contribution in [0.4, 0.5) is 0 Å². The predicted molar refractivity (Wildman–Crippen MR) is 70.3 cm³/mol. The lowest BCUT2D eigenvalue weighted by molar-refractivity contribution is -0.139. The van der Waals surface area contributed by atoms with Crippen molar-refractivity contribution in [2.45, 2.75) is 19.9 Å². The molecule has 1 amide bonds. The summed E-state index contributed by atoms with van der Waals surface area (Å²) in [7, 11) is 0. The molecule has 2 aromatic rings. The second-order valence-electron chi connectivity index (χ2n) is 4.30. The van der Waals surface area contributed by atoms with E-state index >= 15 is 0 Å². The fourth-order valence-electron chi connectivity index (χ4n) is 1.87. The van der Waals surface area contributed by atoms with Crippen LogP contribution in [0, 0.1) is 13.8 Å². The van der Waals surface area contributed by atoms with E-state index in [0.29, 0.717) is 17.1 Å². The van der Waals surface area contributed by atoms with Gasteiger partial charge in [0.25, 0.3) is 5.91 Å². The van der Waals surface area contributed by atoms with Gasteiger partial charge in [0.05, 0.1) is 5.69 Å². The highest BCUT2D eigenvalue weighted by Crippen LogP contribution is 2.15. The van der Waals surface area contributed by atoms with Crippen LogP contribution in [0.2, 0.25) is 0 Å². The Hall–Kier alpha value is -2.63. The third-order valence-corrected chi connectivity index (χ3v) is 2.77. The quantitative estimate of drug-likeness (QED) is 0.887. The molecule has 0 saturated carbocycles. The zero-order valence-corrected chi connectivity index (χ0v) is 11.1. The number of rotatable bonds is 4. The average Bonchev–Trinajstić information content (AvgIpc) is 2.75. The summed E-state index contributed by atoms with van der Waals surface area (Å²) in [5.41, 5.74) is 0.916. The van der Waals surface area contributed by atoms with Crippen LogP contribution in [0.1, 0.15) is 33.7 Å². The molecule has 0 spiro atoms. The number of hydrogen-bond donors (Lipinski definition) is 2. The summed E-state index contributed by atoms with van der Waals surface area (Å²) in [5.74, 6) is -1.35. The van der Waals surface area contributed by atoms with E-state index < -0.39 is 17.9 Å². The van der Waals surface area contributed by atoms with Gasteiger partial charge in [-0.3, -0.25) is 4.79 Å². The Morgan fingerprint density at radius 3 is 2.40 bits per heavy atom. The molecule has 0 bridgehead atoms. The number of oxazole rings is 1. The molecule has 1 aromatic heterocycles. The summed E-state index contributed by atoms with van der Waals surface area (Å²) in [5, 5.41) is 11.7. The summed E-state index contributed by atoms with van der Waals surface area (Å²) in [6, 6.07) is 7.33. The van der Waals surface area contributed by atoms with Crippen molar-refractivity contribution in [3.63, 3.8) is 0 Å². The Kier molecular flexibility index (Phi) is 3.84. The molecule has 0 radical (unpaired) electrons. The van der Waals surface area contributed by atoms with Gasteiger partial charge in [0, 0.05) is 6.92 Å². The number of aryl methyl sites for hydroxylation is 2.